The molecule has 0 aromatic carbocycles. The lowest BCUT2D eigenvalue weighted by atomic mass is 9.76. The van der Waals surface area contributed by atoms with Crippen LogP contribution in [0.3, 0.4) is 0 Å². The van der Waals surface area contributed by atoms with Crippen LogP contribution in [0, 0.1) is 10.8 Å². The normalized spacial score (nSPS) is 14.4. The van der Waals surface area contributed by atoms with Gasteiger partial charge in [0, 0.05) is 20.6 Å². The van der Waals surface area contributed by atoms with Gasteiger partial charge in [0.25, 0.3) is 0 Å². The minimum absolute atomic E-state index is 0.300. The number of aliphatic imine (C=N–C) groups is 1. The molecule has 1 N–H and O–H groups in total. The van der Waals surface area contributed by atoms with Gasteiger partial charge in [-0.15, -0.1) is 0 Å². The van der Waals surface area contributed by atoms with E-state index >= 15 is 0 Å². The predicted octanol–water partition coefficient (Wildman–Crippen LogP) is 2.93. The molecule has 0 amide bonds. The molecule has 3 heteroatoms. The molecule has 0 aliphatic heterocycles. The molecule has 0 saturated heterocycles. The highest BCUT2D eigenvalue weighted by molar-refractivity contribution is 5.78. The summed E-state index contributed by atoms with van der Waals surface area (Å²) >= 11 is 0. The second kappa shape index (κ2) is 5.67. The average molecular weight is 227 g/mol. The van der Waals surface area contributed by atoms with E-state index in [4.69, 9.17) is 0 Å². The van der Waals surface area contributed by atoms with Crippen LogP contribution in [0.25, 0.3) is 0 Å². The minimum Gasteiger partial charge on any atom is -0.307 e. The Kier molecular flexibility index (Phi) is 5.47. The Labute approximate surface area is 101 Å². The smallest absolute Gasteiger partial charge is 0.107 e. The summed E-state index contributed by atoms with van der Waals surface area (Å²) in [6.45, 7) is 14.5. The second-order valence-electron chi connectivity index (χ2n) is 6.68. The molecule has 0 heterocycles. The van der Waals surface area contributed by atoms with Crippen LogP contribution in [0.5, 0.6) is 0 Å². The van der Waals surface area contributed by atoms with Crippen LogP contribution in [-0.4, -0.2) is 31.5 Å². The number of nitrogens with zero attached hydrogens (tertiary/aromatic N) is 2. The summed E-state index contributed by atoms with van der Waals surface area (Å²) in [4.78, 5) is 4.10. The first kappa shape index (κ1) is 15.4. The van der Waals surface area contributed by atoms with Crippen LogP contribution in [-0.2, 0) is 0 Å². The van der Waals surface area contributed by atoms with E-state index in [1.807, 2.05) is 6.92 Å². The average Bonchev–Trinajstić information content (AvgIpc) is 1.97. The fourth-order valence-corrected chi connectivity index (χ4v) is 2.50. The molecule has 0 aromatic heterocycles. The number of hydrogen-bond donors (Lipinski definition) is 1. The maximum atomic E-state index is 4.10. The molecule has 16 heavy (non-hydrogen) atoms. The number of hydrazine groups is 1. The summed E-state index contributed by atoms with van der Waals surface area (Å²) in [5.74, 6) is 0.953. The highest BCUT2D eigenvalue weighted by Crippen LogP contribution is 2.33. The van der Waals surface area contributed by atoms with Gasteiger partial charge in [0.2, 0.25) is 0 Å². The van der Waals surface area contributed by atoms with Crippen LogP contribution in [0.15, 0.2) is 4.99 Å². The highest BCUT2D eigenvalue weighted by Gasteiger charge is 2.26. The maximum Gasteiger partial charge on any atom is 0.107 e. The van der Waals surface area contributed by atoms with Crippen molar-refractivity contribution in [3.8, 4) is 0 Å². The molecular weight excluding hydrogens is 198 g/mol. The molecule has 0 unspecified atom stereocenters. The van der Waals surface area contributed by atoms with Gasteiger partial charge in [0.05, 0.1) is 0 Å². The minimum atomic E-state index is 0.300. The fourth-order valence-electron chi connectivity index (χ4n) is 2.50. The predicted molar refractivity (Wildman–Crippen MR) is 72.7 cm³/mol. The highest BCUT2D eigenvalue weighted by atomic mass is 15.5. The molecule has 0 atom stereocenters. The third kappa shape index (κ3) is 7.69. The topological polar surface area (TPSA) is 27.6 Å². The van der Waals surface area contributed by atoms with Crippen LogP contribution >= 0.6 is 0 Å². The van der Waals surface area contributed by atoms with E-state index in [1.54, 1.807) is 7.05 Å². The first-order valence-corrected chi connectivity index (χ1v) is 5.97. The third-order valence-electron chi connectivity index (χ3n) is 2.36. The molecule has 0 spiro atoms. The van der Waals surface area contributed by atoms with Crippen molar-refractivity contribution in [1.82, 2.24) is 10.4 Å². The quantitative estimate of drug-likeness (QED) is 0.454. The van der Waals surface area contributed by atoms with Gasteiger partial charge in [-0.25, -0.2) is 5.01 Å². The number of rotatable bonds is 4. The van der Waals surface area contributed by atoms with E-state index in [1.165, 1.54) is 6.42 Å². The van der Waals surface area contributed by atoms with Gasteiger partial charge in [0.1, 0.15) is 5.84 Å². The Balaban J connectivity index is 4.25. The Bertz CT molecular complexity index is 236. The third-order valence-corrected chi connectivity index (χ3v) is 2.36. The zero-order chi connectivity index (χ0) is 13.0. The SMILES string of the molecule is CN=C(C)NN(C)CC(C)(C)CC(C)(C)C. The summed E-state index contributed by atoms with van der Waals surface area (Å²) in [5, 5.41) is 2.12. The number of hydrogen-bond acceptors (Lipinski definition) is 2. The van der Waals surface area contributed by atoms with Gasteiger partial charge in [-0.3, -0.25) is 4.99 Å². The molecule has 96 valence electrons. The first-order chi connectivity index (χ1) is 7.06. The lowest BCUT2D eigenvalue weighted by Gasteiger charge is -2.35. The Morgan fingerprint density at radius 2 is 1.69 bits per heavy atom. The monoisotopic (exact) mass is 227 g/mol. The van der Waals surface area contributed by atoms with E-state index in [-0.39, 0.29) is 0 Å². The van der Waals surface area contributed by atoms with Gasteiger partial charge in [0.15, 0.2) is 0 Å². The molecule has 0 rings (SSSR count). The largest absolute Gasteiger partial charge is 0.307 e. The standard InChI is InChI=1S/C13H29N3/c1-11(14-7)15-16(8)10-13(5,6)9-12(2,3)4/h9-10H2,1-8H3,(H,14,15). The zero-order valence-corrected chi connectivity index (χ0v) is 12.3. The molecule has 0 radical (unpaired) electrons. The van der Waals surface area contributed by atoms with E-state index in [2.05, 4.69) is 57.1 Å². The van der Waals surface area contributed by atoms with Crippen LogP contribution < -0.4 is 5.43 Å². The van der Waals surface area contributed by atoms with Crippen molar-refractivity contribution in [2.45, 2.75) is 48.0 Å². The van der Waals surface area contributed by atoms with Crippen molar-refractivity contribution < 1.29 is 0 Å². The summed E-state index contributed by atoms with van der Waals surface area (Å²) in [6.07, 6.45) is 1.20. The van der Waals surface area contributed by atoms with Crippen molar-refractivity contribution in [3.63, 3.8) is 0 Å². The van der Waals surface area contributed by atoms with Gasteiger partial charge in [-0.05, 0) is 24.2 Å². The van der Waals surface area contributed by atoms with Crippen LogP contribution in [0.2, 0.25) is 0 Å². The van der Waals surface area contributed by atoms with E-state index < -0.39 is 0 Å². The van der Waals surface area contributed by atoms with Gasteiger partial charge < -0.3 is 5.43 Å². The molecule has 0 bridgehead atoms. The molecule has 3 nitrogen and oxygen atoms in total. The maximum absolute atomic E-state index is 4.10. The molecule has 0 aliphatic carbocycles. The summed E-state index contributed by atoms with van der Waals surface area (Å²) in [5.41, 5.74) is 3.93. The summed E-state index contributed by atoms with van der Waals surface area (Å²) in [7, 11) is 3.87. The van der Waals surface area contributed by atoms with Crippen LogP contribution in [0.4, 0.5) is 0 Å². The summed E-state index contributed by atoms with van der Waals surface area (Å²) < 4.78 is 0. The van der Waals surface area contributed by atoms with Crippen molar-refractivity contribution in [1.29, 1.82) is 0 Å². The van der Waals surface area contributed by atoms with E-state index in [0.717, 1.165) is 12.4 Å². The van der Waals surface area contributed by atoms with Crippen molar-refractivity contribution >= 4 is 5.84 Å². The lowest BCUT2D eigenvalue weighted by molar-refractivity contribution is 0.132. The molecule has 0 saturated carbocycles. The number of amidine groups is 1. The van der Waals surface area contributed by atoms with Crippen molar-refractivity contribution in [2.24, 2.45) is 15.8 Å². The van der Waals surface area contributed by atoms with Crippen molar-refractivity contribution in [3.05, 3.63) is 0 Å². The van der Waals surface area contributed by atoms with Crippen LogP contribution in [0.1, 0.15) is 48.0 Å². The summed E-state index contributed by atoms with van der Waals surface area (Å²) in [6, 6.07) is 0. The molecule has 0 aliphatic rings. The van der Waals surface area contributed by atoms with E-state index in [9.17, 15) is 0 Å². The lowest BCUT2D eigenvalue weighted by Crippen LogP contribution is -2.44. The van der Waals surface area contributed by atoms with Gasteiger partial charge in [-0.1, -0.05) is 34.6 Å². The Hall–Kier alpha value is -0.570. The second-order valence-corrected chi connectivity index (χ2v) is 6.68. The number of nitrogens with one attached hydrogen (secondary N) is 1. The van der Waals surface area contributed by atoms with E-state index in [0.29, 0.717) is 10.8 Å². The van der Waals surface area contributed by atoms with Gasteiger partial charge >= 0.3 is 0 Å². The molecule has 0 aromatic rings. The molecule has 0 fully saturated rings. The zero-order valence-electron chi connectivity index (χ0n) is 12.3. The Morgan fingerprint density at radius 1 is 1.19 bits per heavy atom. The first-order valence-electron chi connectivity index (χ1n) is 5.97. The van der Waals surface area contributed by atoms with Crippen molar-refractivity contribution in [2.75, 3.05) is 20.6 Å². The fraction of sp³-hybridized carbons (Fsp3) is 0.923. The Morgan fingerprint density at radius 3 is 2.06 bits per heavy atom. The van der Waals surface area contributed by atoms with Gasteiger partial charge in [-0.2, -0.15) is 0 Å². The molecular formula is C13H29N3.